The molecule has 1 aliphatic heterocycles. The smallest absolute Gasteiger partial charge is 0.164 e. The Kier molecular flexibility index (Phi) is 3.81. The van der Waals surface area contributed by atoms with E-state index >= 15 is 0 Å². The van der Waals surface area contributed by atoms with E-state index in [0.29, 0.717) is 0 Å². The highest BCUT2D eigenvalue weighted by Crippen LogP contribution is 2.20. The summed E-state index contributed by atoms with van der Waals surface area (Å²) in [7, 11) is 0. The molecule has 1 heterocycles. The maximum atomic E-state index is 12.1. The maximum absolute atomic E-state index is 12.1. The van der Waals surface area contributed by atoms with Gasteiger partial charge in [-0.15, -0.1) is 0 Å². The molecule has 0 bridgehead atoms. The van der Waals surface area contributed by atoms with Gasteiger partial charge in [-0.3, -0.25) is 0 Å². The Morgan fingerprint density at radius 1 is 1.00 bits per heavy atom. The third kappa shape index (κ3) is 3.01. The van der Waals surface area contributed by atoms with Crippen molar-refractivity contribution in [2.45, 2.75) is 0 Å². The van der Waals surface area contributed by atoms with E-state index in [4.69, 9.17) is 9.94 Å². The summed E-state index contributed by atoms with van der Waals surface area (Å²) >= 11 is 0. The van der Waals surface area contributed by atoms with Crippen LogP contribution in [-0.2, 0) is 0 Å². The van der Waals surface area contributed by atoms with Gasteiger partial charge in [-0.05, 0) is 24.3 Å². The molecule has 2 aromatic rings. The van der Waals surface area contributed by atoms with Crippen molar-refractivity contribution >= 4 is 6.08 Å². The molecule has 4 heteroatoms. The normalized spacial score (nSPS) is 11.4. The van der Waals surface area contributed by atoms with Crippen LogP contribution in [0, 0.1) is 5.82 Å². The van der Waals surface area contributed by atoms with Crippen molar-refractivity contribution in [3.05, 3.63) is 66.1 Å². The van der Waals surface area contributed by atoms with Gasteiger partial charge < -0.3 is 9.94 Å². The molecule has 0 radical (unpaired) electrons. The molecule has 0 fully saturated rings. The molecular formula is C14H12FNO2. The number of phenols is 1. The zero-order valence-corrected chi connectivity index (χ0v) is 9.51. The number of aromatic hydroxyl groups is 1. The summed E-state index contributed by atoms with van der Waals surface area (Å²) in [6, 6.07) is 13.5. The van der Waals surface area contributed by atoms with Crippen LogP contribution < -0.4 is 10.3 Å². The monoisotopic (exact) mass is 245 g/mol. The first-order valence-corrected chi connectivity index (χ1v) is 5.39. The summed E-state index contributed by atoms with van der Waals surface area (Å²) in [4.78, 5) is 5.09. The van der Waals surface area contributed by atoms with E-state index in [9.17, 15) is 4.39 Å². The molecule has 1 aliphatic rings. The van der Waals surface area contributed by atoms with Gasteiger partial charge in [0.15, 0.2) is 17.3 Å². The Morgan fingerprint density at radius 2 is 1.72 bits per heavy atom. The Morgan fingerprint density at radius 3 is 2.39 bits per heavy atom. The summed E-state index contributed by atoms with van der Waals surface area (Å²) in [6.45, 7) is 0. The Bertz CT molecular complexity index is 534. The molecular weight excluding hydrogens is 233 g/mol. The summed E-state index contributed by atoms with van der Waals surface area (Å²) < 4.78 is 12.1. The molecule has 3 nitrogen and oxygen atoms in total. The second-order valence-corrected chi connectivity index (χ2v) is 3.54. The number of hydroxylamine groups is 1. The summed E-state index contributed by atoms with van der Waals surface area (Å²) in [5.74, 6) is 0.00463. The number of hydrogen-bond donors (Lipinski definition) is 2. The van der Waals surface area contributed by atoms with Crippen molar-refractivity contribution in [2.24, 2.45) is 0 Å². The first-order chi connectivity index (χ1) is 8.77. The van der Waals surface area contributed by atoms with Gasteiger partial charge in [0.2, 0.25) is 0 Å². The van der Waals surface area contributed by atoms with E-state index in [-0.39, 0.29) is 5.75 Å². The number of hydrogen-bond acceptors (Lipinski definition) is 3. The fraction of sp³-hybridized carbons (Fsp3) is 0. The zero-order chi connectivity index (χ0) is 12.8. The number of phenolic OH excluding ortho intramolecular Hbond substituents is 1. The number of halogens is 1. The zero-order valence-electron chi connectivity index (χ0n) is 9.51. The first kappa shape index (κ1) is 12.0. The molecule has 92 valence electrons. The summed E-state index contributed by atoms with van der Waals surface area (Å²) in [5, 5.41) is 8.54. The largest absolute Gasteiger partial charge is 0.505 e. The third-order valence-electron chi connectivity index (χ3n) is 2.27. The van der Waals surface area contributed by atoms with Crippen molar-refractivity contribution < 1.29 is 14.3 Å². The quantitative estimate of drug-likeness (QED) is 0.749. The molecule has 0 unspecified atom stereocenters. The highest BCUT2D eigenvalue weighted by molar-refractivity contribution is 5.57. The van der Waals surface area contributed by atoms with Gasteiger partial charge in [-0.25, -0.2) is 9.87 Å². The molecule has 2 N–H and O–H groups in total. The van der Waals surface area contributed by atoms with Gasteiger partial charge in [0.05, 0.1) is 0 Å². The Hall–Kier alpha value is -2.49. The van der Waals surface area contributed by atoms with Crippen LogP contribution in [0.1, 0.15) is 5.56 Å². The van der Waals surface area contributed by atoms with Crippen LogP contribution in [0.25, 0.3) is 6.08 Å². The van der Waals surface area contributed by atoms with Gasteiger partial charge in [0.25, 0.3) is 0 Å². The lowest BCUT2D eigenvalue weighted by molar-refractivity contribution is 0.239. The second-order valence-electron chi connectivity index (χ2n) is 3.54. The van der Waals surface area contributed by atoms with Crippen molar-refractivity contribution in [3.8, 4) is 11.5 Å². The molecule has 18 heavy (non-hydrogen) atoms. The Labute approximate surface area is 104 Å². The van der Waals surface area contributed by atoms with E-state index in [0.717, 1.165) is 11.3 Å². The number of nitrogens with one attached hydrogen (secondary N) is 1. The lowest BCUT2D eigenvalue weighted by Crippen LogP contribution is -2.13. The lowest BCUT2D eigenvalue weighted by atomic mass is 10.2. The molecule has 0 spiro atoms. The molecule has 0 saturated heterocycles. The van der Waals surface area contributed by atoms with Gasteiger partial charge in [-0.2, -0.15) is 0 Å². The van der Waals surface area contributed by atoms with E-state index < -0.39 is 5.82 Å². The highest BCUT2D eigenvalue weighted by atomic mass is 19.1. The van der Waals surface area contributed by atoms with Crippen LogP contribution in [0.3, 0.4) is 0 Å². The molecule has 0 amide bonds. The van der Waals surface area contributed by atoms with Crippen molar-refractivity contribution in [3.63, 3.8) is 0 Å². The summed E-state index contributed by atoms with van der Waals surface area (Å²) in [6.07, 6.45) is 3.74. The number of fused-ring (bicyclic) bond motifs is 1. The van der Waals surface area contributed by atoms with Crippen molar-refractivity contribution in [2.75, 3.05) is 0 Å². The molecule has 3 rings (SSSR count). The van der Waals surface area contributed by atoms with E-state index in [1.807, 2.05) is 30.3 Å². The fourth-order valence-corrected chi connectivity index (χ4v) is 1.38. The van der Waals surface area contributed by atoms with Gasteiger partial charge in [0, 0.05) is 11.8 Å². The van der Waals surface area contributed by atoms with Crippen molar-refractivity contribution in [1.82, 2.24) is 5.48 Å². The van der Waals surface area contributed by atoms with Gasteiger partial charge >= 0.3 is 0 Å². The van der Waals surface area contributed by atoms with Crippen LogP contribution in [0.2, 0.25) is 0 Å². The predicted molar refractivity (Wildman–Crippen MR) is 67.3 cm³/mol. The van der Waals surface area contributed by atoms with E-state index in [1.54, 1.807) is 12.3 Å². The molecule has 0 aromatic heterocycles. The molecule has 0 saturated carbocycles. The highest BCUT2D eigenvalue weighted by Gasteiger charge is 2.01. The Balaban J connectivity index is 0.000000138. The van der Waals surface area contributed by atoms with Gasteiger partial charge in [0.1, 0.15) is 0 Å². The first-order valence-electron chi connectivity index (χ1n) is 5.39. The summed E-state index contributed by atoms with van der Waals surface area (Å²) in [5.41, 5.74) is 3.77. The topological polar surface area (TPSA) is 41.5 Å². The number of para-hydroxylation sites is 2. The number of rotatable bonds is 0. The molecule has 0 atom stereocenters. The average molecular weight is 245 g/mol. The van der Waals surface area contributed by atoms with E-state index in [2.05, 4.69) is 5.48 Å². The predicted octanol–water partition coefficient (Wildman–Crippen LogP) is 3.09. The van der Waals surface area contributed by atoms with Crippen LogP contribution in [-0.4, -0.2) is 5.11 Å². The van der Waals surface area contributed by atoms with E-state index in [1.165, 1.54) is 18.2 Å². The number of benzene rings is 2. The van der Waals surface area contributed by atoms with Gasteiger partial charge in [-0.1, -0.05) is 30.3 Å². The minimum atomic E-state index is -0.576. The van der Waals surface area contributed by atoms with Crippen LogP contribution >= 0.6 is 0 Å². The SMILES string of the molecule is C1=Cc2ccccc2ON1.Oc1ccccc1F. The molecule has 2 aromatic carbocycles. The second kappa shape index (κ2) is 5.72. The maximum Gasteiger partial charge on any atom is 0.164 e. The minimum absolute atomic E-state index is 0.299. The van der Waals surface area contributed by atoms with Crippen molar-refractivity contribution in [1.29, 1.82) is 0 Å². The van der Waals surface area contributed by atoms with Crippen LogP contribution in [0.5, 0.6) is 11.5 Å². The lowest BCUT2D eigenvalue weighted by Gasteiger charge is -2.11. The van der Waals surface area contributed by atoms with Crippen LogP contribution in [0.15, 0.2) is 54.7 Å². The minimum Gasteiger partial charge on any atom is -0.505 e. The van der Waals surface area contributed by atoms with Crippen LogP contribution in [0.4, 0.5) is 4.39 Å². The third-order valence-corrected chi connectivity index (χ3v) is 2.27. The average Bonchev–Trinajstić information content (AvgIpc) is 2.43. The standard InChI is InChI=1S/C8H7NO.C6H5FO/c1-2-4-8-7(3-1)5-6-9-10-8;7-5-3-1-2-4-6(5)8/h1-6,9H;1-4,8H. The fourth-order valence-electron chi connectivity index (χ4n) is 1.38. The molecule has 0 aliphatic carbocycles.